The summed E-state index contributed by atoms with van der Waals surface area (Å²) in [5.41, 5.74) is 1.09. The molecule has 2 rings (SSSR count). The van der Waals surface area contributed by atoms with Gasteiger partial charge in [-0.3, -0.25) is 5.10 Å². The zero-order chi connectivity index (χ0) is 13.7. The first kappa shape index (κ1) is 13.4. The van der Waals surface area contributed by atoms with E-state index in [1.807, 2.05) is 25.2 Å². The number of hydrogen-bond acceptors (Lipinski definition) is 5. The van der Waals surface area contributed by atoms with Crippen LogP contribution in [0.1, 0.15) is 17.2 Å². The third kappa shape index (κ3) is 3.23. The topological polar surface area (TPSA) is 72.1 Å². The van der Waals surface area contributed by atoms with Crippen LogP contribution in [0.5, 0.6) is 11.5 Å². The van der Waals surface area contributed by atoms with Gasteiger partial charge < -0.3 is 14.8 Å². The number of rotatable bonds is 6. The largest absolute Gasteiger partial charge is 0.493 e. The van der Waals surface area contributed by atoms with Crippen molar-refractivity contribution in [2.45, 2.75) is 13.0 Å². The molecular weight excluding hydrogens is 244 g/mol. The predicted octanol–water partition coefficient (Wildman–Crippen LogP) is 1.13. The van der Waals surface area contributed by atoms with Crippen LogP contribution in [-0.4, -0.2) is 36.4 Å². The van der Waals surface area contributed by atoms with E-state index in [1.165, 1.54) is 0 Å². The molecule has 19 heavy (non-hydrogen) atoms. The SMILES string of the molecule is CNCc1n[nH]c(Cc2ccc(OC)c(OC)c2)n1. The van der Waals surface area contributed by atoms with Crippen molar-refractivity contribution in [3.63, 3.8) is 0 Å². The standard InChI is InChI=1S/C13H18N4O2/c1-14-8-13-15-12(16-17-13)7-9-4-5-10(18-2)11(6-9)19-3/h4-6,14H,7-8H2,1-3H3,(H,15,16,17). The Morgan fingerprint density at radius 1 is 1.21 bits per heavy atom. The number of nitrogens with one attached hydrogen (secondary N) is 2. The number of hydrogen-bond donors (Lipinski definition) is 2. The molecule has 0 unspecified atom stereocenters. The quantitative estimate of drug-likeness (QED) is 0.816. The molecule has 0 aliphatic carbocycles. The molecule has 2 N–H and O–H groups in total. The van der Waals surface area contributed by atoms with Crippen molar-refractivity contribution >= 4 is 0 Å². The van der Waals surface area contributed by atoms with E-state index < -0.39 is 0 Å². The summed E-state index contributed by atoms with van der Waals surface area (Å²) in [5.74, 6) is 3.03. The second-order valence-corrected chi connectivity index (χ2v) is 4.09. The molecular formula is C13H18N4O2. The van der Waals surface area contributed by atoms with Gasteiger partial charge in [0.1, 0.15) is 5.82 Å². The maximum atomic E-state index is 5.28. The number of nitrogens with zero attached hydrogens (tertiary/aromatic N) is 2. The van der Waals surface area contributed by atoms with Gasteiger partial charge in [-0.05, 0) is 24.7 Å². The van der Waals surface area contributed by atoms with E-state index in [4.69, 9.17) is 9.47 Å². The molecule has 0 saturated heterocycles. The first-order chi connectivity index (χ1) is 9.26. The van der Waals surface area contributed by atoms with Crippen LogP contribution < -0.4 is 14.8 Å². The van der Waals surface area contributed by atoms with Crippen molar-refractivity contribution in [3.05, 3.63) is 35.4 Å². The lowest BCUT2D eigenvalue weighted by Gasteiger charge is -2.08. The molecule has 2 aromatic rings. The Hall–Kier alpha value is -2.08. The molecule has 6 nitrogen and oxygen atoms in total. The van der Waals surface area contributed by atoms with Gasteiger partial charge in [-0.15, -0.1) is 0 Å². The molecule has 0 spiro atoms. The molecule has 0 aliphatic rings. The Morgan fingerprint density at radius 3 is 2.68 bits per heavy atom. The van der Waals surface area contributed by atoms with E-state index in [9.17, 15) is 0 Å². The third-order valence-corrected chi connectivity index (χ3v) is 2.73. The van der Waals surface area contributed by atoms with E-state index in [1.54, 1.807) is 14.2 Å². The van der Waals surface area contributed by atoms with Crippen LogP contribution in [0.25, 0.3) is 0 Å². The van der Waals surface area contributed by atoms with Crippen LogP contribution in [0.15, 0.2) is 18.2 Å². The van der Waals surface area contributed by atoms with E-state index in [-0.39, 0.29) is 0 Å². The summed E-state index contributed by atoms with van der Waals surface area (Å²) in [5, 5.41) is 10.1. The predicted molar refractivity (Wildman–Crippen MR) is 71.5 cm³/mol. The number of aromatic nitrogens is 3. The van der Waals surface area contributed by atoms with Gasteiger partial charge in [-0.2, -0.15) is 5.10 Å². The smallest absolute Gasteiger partial charge is 0.164 e. The van der Waals surface area contributed by atoms with Gasteiger partial charge in [-0.1, -0.05) is 6.07 Å². The van der Waals surface area contributed by atoms with Crippen LogP contribution in [-0.2, 0) is 13.0 Å². The van der Waals surface area contributed by atoms with Gasteiger partial charge in [0.05, 0.1) is 20.8 Å². The number of benzene rings is 1. The minimum absolute atomic E-state index is 0.655. The molecule has 6 heteroatoms. The summed E-state index contributed by atoms with van der Waals surface area (Å²) < 4.78 is 10.5. The van der Waals surface area contributed by atoms with Crippen LogP contribution in [0.3, 0.4) is 0 Å². The first-order valence-electron chi connectivity index (χ1n) is 6.02. The van der Waals surface area contributed by atoms with Crippen LogP contribution in [0, 0.1) is 0 Å². The maximum Gasteiger partial charge on any atom is 0.164 e. The molecule has 0 fully saturated rings. The minimum Gasteiger partial charge on any atom is -0.493 e. The summed E-state index contributed by atoms with van der Waals surface area (Å²) in [6.45, 7) is 0.655. The molecule has 0 amide bonds. The lowest BCUT2D eigenvalue weighted by Crippen LogP contribution is -2.06. The number of H-pyrrole nitrogens is 1. The molecule has 0 saturated carbocycles. The van der Waals surface area contributed by atoms with Gasteiger partial charge >= 0.3 is 0 Å². The highest BCUT2D eigenvalue weighted by atomic mass is 16.5. The normalized spacial score (nSPS) is 10.5. The Balaban J connectivity index is 2.13. The van der Waals surface area contributed by atoms with E-state index in [0.29, 0.717) is 13.0 Å². The van der Waals surface area contributed by atoms with Crippen molar-refractivity contribution in [1.29, 1.82) is 0 Å². The van der Waals surface area contributed by atoms with Crippen LogP contribution in [0.2, 0.25) is 0 Å². The Morgan fingerprint density at radius 2 is 2.00 bits per heavy atom. The fourth-order valence-electron chi connectivity index (χ4n) is 1.84. The lowest BCUT2D eigenvalue weighted by atomic mass is 10.1. The molecule has 0 bridgehead atoms. The van der Waals surface area contributed by atoms with E-state index in [0.717, 1.165) is 28.7 Å². The van der Waals surface area contributed by atoms with Gasteiger partial charge in [0, 0.05) is 6.42 Å². The van der Waals surface area contributed by atoms with Crippen molar-refractivity contribution < 1.29 is 9.47 Å². The van der Waals surface area contributed by atoms with Gasteiger partial charge in [0.15, 0.2) is 17.3 Å². The summed E-state index contributed by atoms with van der Waals surface area (Å²) in [6.07, 6.45) is 0.678. The monoisotopic (exact) mass is 262 g/mol. The van der Waals surface area contributed by atoms with Crippen molar-refractivity contribution in [1.82, 2.24) is 20.5 Å². The average molecular weight is 262 g/mol. The van der Waals surface area contributed by atoms with Crippen LogP contribution in [0.4, 0.5) is 0 Å². The molecule has 1 heterocycles. The number of ether oxygens (including phenoxy) is 2. The Labute approximate surface area is 112 Å². The summed E-state index contributed by atoms with van der Waals surface area (Å²) in [4.78, 5) is 4.39. The third-order valence-electron chi connectivity index (χ3n) is 2.73. The highest BCUT2D eigenvalue weighted by Crippen LogP contribution is 2.28. The zero-order valence-corrected chi connectivity index (χ0v) is 11.4. The fourth-order valence-corrected chi connectivity index (χ4v) is 1.84. The second-order valence-electron chi connectivity index (χ2n) is 4.09. The van der Waals surface area contributed by atoms with Gasteiger partial charge in [-0.25, -0.2) is 4.98 Å². The molecule has 0 atom stereocenters. The first-order valence-corrected chi connectivity index (χ1v) is 6.02. The Kier molecular flexibility index (Phi) is 4.35. The highest BCUT2D eigenvalue weighted by molar-refractivity contribution is 5.43. The molecule has 1 aromatic heterocycles. The summed E-state index contributed by atoms with van der Waals surface area (Å²) >= 11 is 0. The molecule has 0 radical (unpaired) electrons. The minimum atomic E-state index is 0.655. The van der Waals surface area contributed by atoms with Crippen molar-refractivity contribution in [2.75, 3.05) is 21.3 Å². The van der Waals surface area contributed by atoms with E-state index in [2.05, 4.69) is 20.5 Å². The molecule has 1 aromatic carbocycles. The highest BCUT2D eigenvalue weighted by Gasteiger charge is 2.07. The molecule has 102 valence electrons. The number of aromatic amines is 1. The summed E-state index contributed by atoms with van der Waals surface area (Å²) in [7, 11) is 5.11. The fraction of sp³-hybridized carbons (Fsp3) is 0.385. The molecule has 0 aliphatic heterocycles. The van der Waals surface area contributed by atoms with Crippen molar-refractivity contribution in [2.24, 2.45) is 0 Å². The van der Waals surface area contributed by atoms with E-state index >= 15 is 0 Å². The Bertz CT molecular complexity index is 539. The maximum absolute atomic E-state index is 5.28. The lowest BCUT2D eigenvalue weighted by molar-refractivity contribution is 0.354. The van der Waals surface area contributed by atoms with Gasteiger partial charge in [0.25, 0.3) is 0 Å². The van der Waals surface area contributed by atoms with Crippen molar-refractivity contribution in [3.8, 4) is 11.5 Å². The number of methoxy groups -OCH3 is 2. The summed E-state index contributed by atoms with van der Waals surface area (Å²) in [6, 6.07) is 5.82. The van der Waals surface area contributed by atoms with Gasteiger partial charge in [0.2, 0.25) is 0 Å². The second kappa shape index (κ2) is 6.19. The van der Waals surface area contributed by atoms with Crippen LogP contribution >= 0.6 is 0 Å². The zero-order valence-electron chi connectivity index (χ0n) is 11.4. The average Bonchev–Trinajstić information content (AvgIpc) is 2.86.